The van der Waals surface area contributed by atoms with Gasteiger partial charge in [0.25, 0.3) is 0 Å². The van der Waals surface area contributed by atoms with E-state index in [2.05, 4.69) is 5.09 Å². The molecule has 0 aromatic carbocycles. The summed E-state index contributed by atoms with van der Waals surface area (Å²) in [6, 6.07) is 0. The van der Waals surface area contributed by atoms with Gasteiger partial charge in [-0.1, -0.05) is 6.92 Å². The van der Waals surface area contributed by atoms with Gasteiger partial charge in [0.2, 0.25) is 0 Å². The predicted octanol–water partition coefficient (Wildman–Crippen LogP) is 1.88. The lowest BCUT2D eigenvalue weighted by molar-refractivity contribution is 0.213. The minimum atomic E-state index is -3.09. The highest BCUT2D eigenvalue weighted by molar-refractivity contribution is 7.54. The Morgan fingerprint density at radius 3 is 2.35 bits per heavy atom. The Bertz CT molecular complexity index is 228. The maximum absolute atomic E-state index is 12.6. The number of rotatable bonds is 11. The summed E-state index contributed by atoms with van der Waals surface area (Å²) in [5, 5.41) is 11.5. The molecule has 0 bridgehead atoms. The smallest absolute Gasteiger partial charge is 0.343 e. The molecular formula is C9H21Cl2N2O3P. The van der Waals surface area contributed by atoms with Gasteiger partial charge in [0, 0.05) is 38.0 Å². The van der Waals surface area contributed by atoms with Crippen LogP contribution in [0.5, 0.6) is 0 Å². The number of aliphatic hydroxyl groups is 1. The lowest BCUT2D eigenvalue weighted by Gasteiger charge is -2.30. The average Bonchev–Trinajstić information content (AvgIpc) is 2.29. The van der Waals surface area contributed by atoms with Crippen molar-refractivity contribution in [3.63, 3.8) is 0 Å². The summed E-state index contributed by atoms with van der Waals surface area (Å²) in [6.45, 7) is 3.51. The lowest BCUT2D eigenvalue weighted by atomic mass is 10.5. The molecule has 5 nitrogen and oxygen atoms in total. The second-order valence-corrected chi connectivity index (χ2v) is 6.21. The van der Waals surface area contributed by atoms with Crippen LogP contribution in [0.1, 0.15) is 13.3 Å². The number of hydrogen-bond donors (Lipinski definition) is 2. The van der Waals surface area contributed by atoms with Crippen molar-refractivity contribution >= 4 is 30.9 Å². The summed E-state index contributed by atoms with van der Waals surface area (Å²) < 4.78 is 19.6. The highest BCUT2D eigenvalue weighted by Gasteiger charge is 2.30. The fourth-order valence-electron chi connectivity index (χ4n) is 1.25. The first-order chi connectivity index (χ1) is 8.14. The molecule has 0 spiro atoms. The van der Waals surface area contributed by atoms with Crippen LogP contribution >= 0.6 is 30.9 Å². The largest absolute Gasteiger partial charge is 0.396 e. The summed E-state index contributed by atoms with van der Waals surface area (Å²) in [7, 11) is -3.09. The topological polar surface area (TPSA) is 61.8 Å². The van der Waals surface area contributed by atoms with Crippen LogP contribution in [-0.4, -0.2) is 54.4 Å². The average molecular weight is 307 g/mol. The van der Waals surface area contributed by atoms with E-state index in [1.165, 1.54) is 0 Å². The van der Waals surface area contributed by atoms with Gasteiger partial charge in [0.1, 0.15) is 0 Å². The first-order valence-corrected chi connectivity index (χ1v) is 8.27. The van der Waals surface area contributed by atoms with Gasteiger partial charge in [0.15, 0.2) is 0 Å². The highest BCUT2D eigenvalue weighted by atomic mass is 35.5. The maximum atomic E-state index is 12.6. The Hall–Kier alpha value is 0.650. The van der Waals surface area contributed by atoms with Gasteiger partial charge in [0.05, 0.1) is 6.61 Å². The molecule has 0 aliphatic rings. The number of aliphatic hydroxyl groups excluding tert-OH is 1. The minimum Gasteiger partial charge on any atom is -0.396 e. The van der Waals surface area contributed by atoms with Gasteiger partial charge in [-0.05, 0) is 6.42 Å². The van der Waals surface area contributed by atoms with Crippen LogP contribution in [0.3, 0.4) is 0 Å². The van der Waals surface area contributed by atoms with E-state index in [0.717, 1.165) is 0 Å². The number of nitrogens with one attached hydrogen (secondary N) is 1. The Balaban J connectivity index is 4.54. The lowest BCUT2D eigenvalue weighted by Crippen LogP contribution is -2.32. The fraction of sp³-hybridized carbons (Fsp3) is 1.00. The Morgan fingerprint density at radius 2 is 1.94 bits per heavy atom. The fourth-order valence-corrected chi connectivity index (χ4v) is 3.85. The summed E-state index contributed by atoms with van der Waals surface area (Å²) in [5.74, 6) is 0.714. The van der Waals surface area contributed by atoms with Crippen molar-refractivity contribution in [2.24, 2.45) is 0 Å². The molecule has 0 aliphatic heterocycles. The molecule has 0 aromatic heterocycles. The normalized spacial score (nSPS) is 15.1. The molecule has 0 aromatic rings. The van der Waals surface area contributed by atoms with Gasteiger partial charge in [-0.25, -0.2) is 9.76 Å². The second-order valence-electron chi connectivity index (χ2n) is 3.27. The zero-order chi connectivity index (χ0) is 13.1. The van der Waals surface area contributed by atoms with E-state index in [0.29, 0.717) is 37.8 Å². The Kier molecular flexibility index (Phi) is 11.0. The molecule has 104 valence electrons. The van der Waals surface area contributed by atoms with Gasteiger partial charge in [-0.3, -0.25) is 4.57 Å². The second kappa shape index (κ2) is 10.6. The summed E-state index contributed by atoms with van der Waals surface area (Å²) in [5.41, 5.74) is 0. The van der Waals surface area contributed by atoms with Gasteiger partial charge >= 0.3 is 7.67 Å². The van der Waals surface area contributed by atoms with E-state index in [9.17, 15) is 4.57 Å². The summed E-state index contributed by atoms with van der Waals surface area (Å²) in [6.07, 6.45) is 0.449. The third-order valence-corrected chi connectivity index (χ3v) is 4.72. The van der Waals surface area contributed by atoms with E-state index >= 15 is 0 Å². The van der Waals surface area contributed by atoms with Crippen molar-refractivity contribution in [1.82, 2.24) is 9.76 Å². The number of nitrogens with zero attached hydrogens (tertiary/aromatic N) is 1. The minimum absolute atomic E-state index is 0.0110. The first-order valence-electron chi connectivity index (χ1n) is 5.62. The van der Waals surface area contributed by atoms with Crippen molar-refractivity contribution in [3.8, 4) is 0 Å². The third-order valence-electron chi connectivity index (χ3n) is 1.98. The standard InChI is InChI=1S/C9H21Cl2N2O3P/c1-2-12-17(15,16-9-3-8-14)13(6-4-10)7-5-11/h14H,2-9H2,1H3,(H,12,15). The molecule has 0 rings (SSSR count). The molecule has 2 N–H and O–H groups in total. The van der Waals surface area contributed by atoms with Crippen molar-refractivity contribution in [1.29, 1.82) is 0 Å². The first kappa shape index (κ1) is 17.6. The SMILES string of the molecule is CCNP(=O)(OCCCO)N(CCCl)CCCl. The molecule has 0 radical (unpaired) electrons. The Labute approximate surface area is 113 Å². The molecule has 0 amide bonds. The number of halogens is 2. The van der Waals surface area contributed by atoms with Crippen LogP contribution in [0.2, 0.25) is 0 Å². The van der Waals surface area contributed by atoms with Crippen molar-refractivity contribution in [2.45, 2.75) is 13.3 Å². The molecule has 1 atom stereocenters. The van der Waals surface area contributed by atoms with Crippen LogP contribution in [0.15, 0.2) is 0 Å². The van der Waals surface area contributed by atoms with Gasteiger partial charge < -0.3 is 9.63 Å². The van der Waals surface area contributed by atoms with Crippen molar-refractivity contribution in [2.75, 3.05) is 44.6 Å². The van der Waals surface area contributed by atoms with E-state index in [1.54, 1.807) is 4.67 Å². The monoisotopic (exact) mass is 306 g/mol. The van der Waals surface area contributed by atoms with Crippen LogP contribution in [-0.2, 0) is 9.09 Å². The third kappa shape index (κ3) is 6.97. The molecule has 1 unspecified atom stereocenters. The highest BCUT2D eigenvalue weighted by Crippen LogP contribution is 2.46. The van der Waals surface area contributed by atoms with Crippen LogP contribution in [0, 0.1) is 0 Å². The molecule has 0 saturated carbocycles. The van der Waals surface area contributed by atoms with Crippen molar-refractivity contribution < 1.29 is 14.2 Å². The van der Waals surface area contributed by atoms with Crippen LogP contribution in [0.4, 0.5) is 0 Å². The summed E-state index contributed by atoms with van der Waals surface area (Å²) >= 11 is 11.3. The van der Waals surface area contributed by atoms with Gasteiger partial charge in [-0.2, -0.15) is 0 Å². The van der Waals surface area contributed by atoms with E-state index in [1.807, 2.05) is 6.92 Å². The molecule has 17 heavy (non-hydrogen) atoms. The summed E-state index contributed by atoms with van der Waals surface area (Å²) in [4.78, 5) is 0. The zero-order valence-corrected chi connectivity index (χ0v) is 12.5. The molecule has 8 heteroatoms. The molecule has 0 saturated heterocycles. The molecule has 0 fully saturated rings. The molecule has 0 heterocycles. The molecule has 0 aliphatic carbocycles. The van der Waals surface area contributed by atoms with Crippen molar-refractivity contribution in [3.05, 3.63) is 0 Å². The van der Waals surface area contributed by atoms with E-state index < -0.39 is 7.67 Å². The van der Waals surface area contributed by atoms with E-state index in [-0.39, 0.29) is 13.2 Å². The van der Waals surface area contributed by atoms with E-state index in [4.69, 9.17) is 32.8 Å². The number of alkyl halides is 2. The molecular weight excluding hydrogens is 286 g/mol. The Morgan fingerprint density at radius 1 is 1.35 bits per heavy atom. The predicted molar refractivity (Wildman–Crippen MR) is 72.0 cm³/mol. The van der Waals surface area contributed by atoms with Gasteiger partial charge in [-0.15, -0.1) is 23.2 Å². The van der Waals surface area contributed by atoms with Crippen LogP contribution in [0.25, 0.3) is 0 Å². The maximum Gasteiger partial charge on any atom is 0.343 e. The van der Waals surface area contributed by atoms with Crippen LogP contribution < -0.4 is 5.09 Å². The number of hydrogen-bond acceptors (Lipinski definition) is 3. The zero-order valence-electron chi connectivity index (χ0n) is 10.1. The quantitative estimate of drug-likeness (QED) is 0.347.